The summed E-state index contributed by atoms with van der Waals surface area (Å²) >= 11 is 0. The van der Waals surface area contributed by atoms with Crippen LogP contribution in [0.25, 0.3) is 0 Å². The lowest BCUT2D eigenvalue weighted by atomic mass is 10.0. The molecule has 0 aromatic heterocycles. The third-order valence-electron chi connectivity index (χ3n) is 4.36. The van der Waals surface area contributed by atoms with E-state index in [2.05, 4.69) is 4.28 Å². The van der Waals surface area contributed by atoms with Gasteiger partial charge in [-0.3, -0.25) is 14.4 Å². The smallest absolute Gasteiger partial charge is 0.285 e. The maximum absolute atomic E-state index is 12.7. The number of fused-ring (bicyclic) bond motifs is 1. The highest BCUT2D eigenvalue weighted by Gasteiger charge is 2.44. The molecule has 1 aromatic rings. The van der Waals surface area contributed by atoms with Crippen LogP contribution < -0.4 is 5.73 Å². The highest BCUT2D eigenvalue weighted by atomic mass is 32.2. The summed E-state index contributed by atoms with van der Waals surface area (Å²) in [4.78, 5) is 38.5. The largest absolute Gasteiger partial charge is 0.330 e. The first-order valence-electron chi connectivity index (χ1n) is 8.10. The molecule has 1 aromatic carbocycles. The molecule has 10 heteroatoms. The van der Waals surface area contributed by atoms with Crippen molar-refractivity contribution in [1.29, 1.82) is 0 Å². The van der Waals surface area contributed by atoms with Crippen molar-refractivity contribution in [2.24, 2.45) is 5.73 Å². The molecule has 2 aliphatic rings. The minimum atomic E-state index is -4.05. The molecule has 0 spiro atoms. The summed E-state index contributed by atoms with van der Waals surface area (Å²) in [6.45, 7) is 0.696. The summed E-state index contributed by atoms with van der Waals surface area (Å²) in [5, 5.41) is 0.250. The van der Waals surface area contributed by atoms with Crippen LogP contribution in [-0.4, -0.2) is 54.9 Å². The van der Waals surface area contributed by atoms with Crippen molar-refractivity contribution in [1.82, 2.24) is 9.96 Å². The maximum Gasteiger partial charge on any atom is 0.285 e. The molecular weight excluding hydrogens is 362 g/mol. The zero-order valence-electron chi connectivity index (χ0n) is 14.2. The van der Waals surface area contributed by atoms with E-state index in [1.165, 1.54) is 4.90 Å². The van der Waals surface area contributed by atoms with Crippen LogP contribution in [0.4, 0.5) is 0 Å². The Kier molecular flexibility index (Phi) is 4.82. The van der Waals surface area contributed by atoms with E-state index in [0.29, 0.717) is 18.5 Å². The number of hydrogen-bond donors (Lipinski definition) is 1. The predicted octanol–water partition coefficient (Wildman–Crippen LogP) is -0.448. The lowest BCUT2D eigenvalue weighted by Crippen LogP contribution is -2.54. The van der Waals surface area contributed by atoms with Crippen LogP contribution in [0.3, 0.4) is 0 Å². The van der Waals surface area contributed by atoms with Gasteiger partial charge in [0.15, 0.2) is 0 Å². The van der Waals surface area contributed by atoms with Crippen LogP contribution in [0.1, 0.15) is 34.3 Å². The Morgan fingerprint density at radius 3 is 2.65 bits per heavy atom. The molecule has 0 aliphatic carbocycles. The average molecular weight is 381 g/mol. The monoisotopic (exact) mass is 381 g/mol. The average Bonchev–Trinajstić information content (AvgIpc) is 2.87. The van der Waals surface area contributed by atoms with Crippen LogP contribution in [0, 0.1) is 0 Å². The second kappa shape index (κ2) is 6.78. The predicted molar refractivity (Wildman–Crippen MR) is 89.9 cm³/mol. The van der Waals surface area contributed by atoms with E-state index < -0.39 is 28.0 Å². The Hall–Kier alpha value is -2.30. The van der Waals surface area contributed by atoms with E-state index >= 15 is 0 Å². The first kappa shape index (κ1) is 18.5. The van der Waals surface area contributed by atoms with Crippen molar-refractivity contribution in [2.75, 3.05) is 12.8 Å². The number of carbonyl (C=O) groups excluding carboxylic acids is 3. The zero-order chi connectivity index (χ0) is 19.1. The van der Waals surface area contributed by atoms with Gasteiger partial charge in [-0.25, -0.2) is 0 Å². The zero-order valence-corrected chi connectivity index (χ0v) is 15.0. The summed E-state index contributed by atoms with van der Waals surface area (Å²) in [5.41, 5.74) is 7.82. The molecule has 140 valence electrons. The van der Waals surface area contributed by atoms with Crippen molar-refractivity contribution in [3.63, 3.8) is 0 Å². The van der Waals surface area contributed by atoms with Crippen LogP contribution in [0.2, 0.25) is 0 Å². The van der Waals surface area contributed by atoms with Crippen LogP contribution in [-0.2, 0) is 37.0 Å². The summed E-state index contributed by atoms with van der Waals surface area (Å²) in [6, 6.07) is 4.44. The van der Waals surface area contributed by atoms with E-state index in [1.54, 1.807) is 6.07 Å². The van der Waals surface area contributed by atoms with Gasteiger partial charge in [0.2, 0.25) is 0 Å². The van der Waals surface area contributed by atoms with E-state index in [-0.39, 0.29) is 30.4 Å². The number of imide groups is 1. The summed E-state index contributed by atoms with van der Waals surface area (Å²) < 4.78 is 27.1. The van der Waals surface area contributed by atoms with Gasteiger partial charge in [0.1, 0.15) is 6.04 Å². The molecule has 9 nitrogen and oxygen atoms in total. The fourth-order valence-electron chi connectivity index (χ4n) is 3.22. The Morgan fingerprint density at radius 1 is 1.27 bits per heavy atom. The first-order chi connectivity index (χ1) is 12.2. The molecule has 3 rings (SSSR count). The second-order valence-electron chi connectivity index (χ2n) is 6.32. The number of hydrogen-bond acceptors (Lipinski definition) is 7. The number of benzene rings is 1. The van der Waals surface area contributed by atoms with Gasteiger partial charge in [-0.1, -0.05) is 12.1 Å². The fraction of sp³-hybridized carbons (Fsp3) is 0.438. The summed E-state index contributed by atoms with van der Waals surface area (Å²) in [6.07, 6.45) is 1.45. The molecule has 0 bridgehead atoms. The summed E-state index contributed by atoms with van der Waals surface area (Å²) in [7, 11) is -4.05. The minimum Gasteiger partial charge on any atom is -0.330 e. The molecule has 1 saturated heterocycles. The van der Waals surface area contributed by atoms with Crippen molar-refractivity contribution in [2.45, 2.75) is 31.8 Å². The normalized spacial score (nSPS) is 20.7. The lowest BCUT2D eigenvalue weighted by Gasteiger charge is -2.33. The highest BCUT2D eigenvalue weighted by Crippen LogP contribution is 2.30. The Labute approximate surface area is 150 Å². The standard InChI is InChI=1S/C16H19N3O6S/c1-26(23,24)25-19-14(20)5-4-13(16(19)22)18-9-11-8-10(6-7-17)2-3-12(11)15(18)21/h2-3,8,13H,4-7,9,17H2,1H3. The Morgan fingerprint density at radius 2 is 2.00 bits per heavy atom. The maximum atomic E-state index is 12.7. The van der Waals surface area contributed by atoms with E-state index in [0.717, 1.165) is 17.4 Å². The Balaban J connectivity index is 1.84. The second-order valence-corrected chi connectivity index (χ2v) is 7.88. The van der Waals surface area contributed by atoms with Gasteiger partial charge in [-0.15, -0.1) is 9.35 Å². The third kappa shape index (κ3) is 3.48. The number of amides is 3. The van der Waals surface area contributed by atoms with Gasteiger partial charge in [-0.05, 0) is 36.6 Å². The molecule has 1 unspecified atom stereocenters. The fourth-order valence-corrected chi connectivity index (χ4v) is 3.64. The van der Waals surface area contributed by atoms with Gasteiger partial charge >= 0.3 is 0 Å². The number of carbonyl (C=O) groups is 3. The number of nitrogens with two attached hydrogens (primary N) is 1. The molecule has 2 aliphatic heterocycles. The molecule has 0 radical (unpaired) electrons. The van der Waals surface area contributed by atoms with Gasteiger partial charge in [0.25, 0.3) is 27.8 Å². The van der Waals surface area contributed by atoms with Crippen molar-refractivity contribution >= 4 is 27.8 Å². The quantitative estimate of drug-likeness (QED) is 0.685. The number of nitrogens with zero attached hydrogens (tertiary/aromatic N) is 2. The van der Waals surface area contributed by atoms with Crippen LogP contribution in [0.5, 0.6) is 0 Å². The molecule has 1 fully saturated rings. The molecule has 0 saturated carbocycles. The van der Waals surface area contributed by atoms with Crippen LogP contribution in [0.15, 0.2) is 18.2 Å². The SMILES string of the molecule is CS(=O)(=O)ON1C(=O)CCC(N2Cc3cc(CCN)ccc3C2=O)C1=O. The topological polar surface area (TPSA) is 127 Å². The first-order valence-corrected chi connectivity index (χ1v) is 9.92. The van der Waals surface area contributed by atoms with E-state index in [9.17, 15) is 22.8 Å². The van der Waals surface area contributed by atoms with Crippen molar-refractivity contribution in [3.8, 4) is 0 Å². The minimum absolute atomic E-state index is 0.0928. The molecule has 1 atom stereocenters. The van der Waals surface area contributed by atoms with Crippen molar-refractivity contribution in [3.05, 3.63) is 34.9 Å². The molecule has 2 heterocycles. The lowest BCUT2D eigenvalue weighted by molar-refractivity contribution is -0.179. The van der Waals surface area contributed by atoms with Gasteiger partial charge < -0.3 is 10.6 Å². The van der Waals surface area contributed by atoms with E-state index in [1.807, 2.05) is 12.1 Å². The molecule has 3 amide bonds. The highest BCUT2D eigenvalue weighted by molar-refractivity contribution is 7.85. The van der Waals surface area contributed by atoms with Gasteiger partial charge in [-0.2, -0.15) is 8.42 Å². The van der Waals surface area contributed by atoms with Crippen molar-refractivity contribution < 1.29 is 27.1 Å². The van der Waals surface area contributed by atoms with Gasteiger partial charge in [0.05, 0.1) is 6.26 Å². The van der Waals surface area contributed by atoms with Gasteiger partial charge in [0, 0.05) is 18.5 Å². The Bertz CT molecular complexity index is 882. The molecular formula is C16H19N3O6S. The summed E-state index contributed by atoms with van der Waals surface area (Å²) in [5.74, 6) is -1.92. The number of piperidine rings is 1. The van der Waals surface area contributed by atoms with Crippen LogP contribution >= 0.6 is 0 Å². The third-order valence-corrected chi connectivity index (χ3v) is 4.78. The number of hydroxylamine groups is 2. The molecule has 26 heavy (non-hydrogen) atoms. The molecule has 2 N–H and O–H groups in total. The number of rotatable bonds is 5. The van der Waals surface area contributed by atoms with E-state index in [4.69, 9.17) is 5.73 Å².